The van der Waals surface area contributed by atoms with Crippen molar-refractivity contribution in [2.75, 3.05) is 19.6 Å². The zero-order chi connectivity index (χ0) is 12.5. The lowest BCUT2D eigenvalue weighted by atomic mass is 10.1. The average molecular weight is 252 g/mol. The van der Waals surface area contributed by atoms with Crippen LogP contribution in [0.2, 0.25) is 0 Å². The van der Waals surface area contributed by atoms with Gasteiger partial charge in [0.05, 0.1) is 0 Å². The van der Waals surface area contributed by atoms with Crippen molar-refractivity contribution < 1.29 is 0 Å². The van der Waals surface area contributed by atoms with Crippen molar-refractivity contribution in [2.45, 2.75) is 36.8 Å². The molecule has 0 aliphatic carbocycles. The van der Waals surface area contributed by atoms with Gasteiger partial charge in [0.25, 0.3) is 0 Å². The number of hydrogen-bond donors (Lipinski definition) is 2. The molecule has 17 heavy (non-hydrogen) atoms. The number of hydrogen-bond acceptors (Lipinski definition) is 3. The van der Waals surface area contributed by atoms with Gasteiger partial charge in [0, 0.05) is 10.1 Å². The minimum absolute atomic E-state index is 0.652. The fraction of sp³-hybridized carbons (Fsp3) is 0.571. The fourth-order valence-electron chi connectivity index (χ4n) is 1.59. The molecule has 2 nitrogen and oxygen atoms in total. The van der Waals surface area contributed by atoms with E-state index in [9.17, 15) is 0 Å². The molecule has 0 saturated carbocycles. The molecule has 1 aromatic carbocycles. The molecule has 0 unspecified atom stereocenters. The highest BCUT2D eigenvalue weighted by atomic mass is 32.2. The minimum Gasteiger partial charge on any atom is -0.330 e. The molecule has 0 bridgehead atoms. The van der Waals surface area contributed by atoms with E-state index in [2.05, 4.69) is 43.4 Å². The first-order chi connectivity index (χ1) is 8.22. The van der Waals surface area contributed by atoms with Gasteiger partial charge in [0.1, 0.15) is 0 Å². The summed E-state index contributed by atoms with van der Waals surface area (Å²) >= 11 is 1.91. The number of nitrogens with two attached hydrogens (primary N) is 1. The highest BCUT2D eigenvalue weighted by Gasteiger charge is 1.98. The Morgan fingerprint density at radius 3 is 2.47 bits per heavy atom. The first-order valence-electron chi connectivity index (χ1n) is 6.38. The molecule has 0 radical (unpaired) electrons. The topological polar surface area (TPSA) is 38.0 Å². The van der Waals surface area contributed by atoms with Gasteiger partial charge in [0.2, 0.25) is 0 Å². The van der Waals surface area contributed by atoms with Gasteiger partial charge in [-0.2, -0.15) is 0 Å². The highest BCUT2D eigenvalue weighted by Crippen LogP contribution is 2.22. The third-order valence-electron chi connectivity index (χ3n) is 2.44. The van der Waals surface area contributed by atoms with Crippen LogP contribution in [-0.2, 0) is 6.42 Å². The quantitative estimate of drug-likeness (QED) is 0.552. The van der Waals surface area contributed by atoms with Crippen molar-refractivity contribution in [1.82, 2.24) is 5.32 Å². The lowest BCUT2D eigenvalue weighted by Gasteiger charge is -2.07. The molecule has 0 aliphatic heterocycles. The molecule has 0 heterocycles. The van der Waals surface area contributed by atoms with Gasteiger partial charge in [-0.3, -0.25) is 0 Å². The van der Waals surface area contributed by atoms with Gasteiger partial charge in [-0.05, 0) is 50.2 Å². The first kappa shape index (κ1) is 14.6. The largest absolute Gasteiger partial charge is 0.330 e. The smallest absolute Gasteiger partial charge is 0.00747 e. The minimum atomic E-state index is 0.652. The predicted octanol–water partition coefficient (Wildman–Crippen LogP) is 2.67. The van der Waals surface area contributed by atoms with Crippen LogP contribution in [0.1, 0.15) is 25.8 Å². The maximum Gasteiger partial charge on any atom is 0.00747 e. The molecule has 0 atom stereocenters. The van der Waals surface area contributed by atoms with Gasteiger partial charge in [-0.25, -0.2) is 0 Å². The van der Waals surface area contributed by atoms with Crippen molar-refractivity contribution in [1.29, 1.82) is 0 Å². The van der Waals surface area contributed by atoms with Gasteiger partial charge >= 0.3 is 0 Å². The summed E-state index contributed by atoms with van der Waals surface area (Å²) in [5.41, 5.74) is 6.84. The Morgan fingerprint density at radius 2 is 1.88 bits per heavy atom. The van der Waals surface area contributed by atoms with Crippen molar-refractivity contribution >= 4 is 11.8 Å². The summed E-state index contributed by atoms with van der Waals surface area (Å²) in [6, 6.07) is 8.91. The first-order valence-corrected chi connectivity index (χ1v) is 7.26. The summed E-state index contributed by atoms with van der Waals surface area (Å²) in [5.74, 6) is 0. The molecule has 3 N–H and O–H groups in total. The second kappa shape index (κ2) is 8.56. The van der Waals surface area contributed by atoms with E-state index in [-0.39, 0.29) is 0 Å². The van der Waals surface area contributed by atoms with E-state index >= 15 is 0 Å². The molecular weight excluding hydrogens is 228 g/mol. The van der Waals surface area contributed by atoms with E-state index in [0.29, 0.717) is 5.25 Å². The van der Waals surface area contributed by atoms with Crippen molar-refractivity contribution in [2.24, 2.45) is 5.73 Å². The zero-order valence-electron chi connectivity index (χ0n) is 10.9. The Kier molecular flexibility index (Phi) is 7.33. The third-order valence-corrected chi connectivity index (χ3v) is 3.46. The maximum absolute atomic E-state index is 5.44. The zero-order valence-corrected chi connectivity index (χ0v) is 11.7. The number of thioether (sulfide) groups is 1. The molecule has 1 rings (SSSR count). The monoisotopic (exact) mass is 252 g/mol. The molecular formula is C14H24N2S. The molecule has 0 aromatic heterocycles. The van der Waals surface area contributed by atoms with Crippen LogP contribution < -0.4 is 11.1 Å². The lowest BCUT2D eigenvalue weighted by molar-refractivity contribution is 0.653. The molecule has 0 aliphatic rings. The molecule has 0 fully saturated rings. The van der Waals surface area contributed by atoms with Crippen molar-refractivity contribution in [3.8, 4) is 0 Å². The van der Waals surface area contributed by atoms with Gasteiger partial charge in [-0.1, -0.05) is 26.0 Å². The SMILES string of the molecule is CC(C)Sc1ccc(CCNCCCN)cc1. The van der Waals surface area contributed by atoms with Crippen molar-refractivity contribution in [3.05, 3.63) is 29.8 Å². The Bertz CT molecular complexity index is 296. The van der Waals surface area contributed by atoms with E-state index in [4.69, 9.17) is 5.73 Å². The average Bonchev–Trinajstić information content (AvgIpc) is 2.30. The Morgan fingerprint density at radius 1 is 1.18 bits per heavy atom. The highest BCUT2D eigenvalue weighted by molar-refractivity contribution is 7.99. The fourth-order valence-corrected chi connectivity index (χ4v) is 2.43. The van der Waals surface area contributed by atoms with E-state index in [0.717, 1.165) is 32.5 Å². The molecule has 96 valence electrons. The van der Waals surface area contributed by atoms with E-state index < -0.39 is 0 Å². The van der Waals surface area contributed by atoms with E-state index in [1.54, 1.807) is 0 Å². The van der Waals surface area contributed by atoms with E-state index in [1.807, 2.05) is 11.8 Å². The summed E-state index contributed by atoms with van der Waals surface area (Å²) < 4.78 is 0. The van der Waals surface area contributed by atoms with Gasteiger partial charge in [-0.15, -0.1) is 11.8 Å². The second-order valence-corrected chi connectivity index (χ2v) is 6.10. The third kappa shape index (κ3) is 6.71. The number of benzene rings is 1. The number of rotatable bonds is 8. The second-order valence-electron chi connectivity index (χ2n) is 4.45. The Hall–Kier alpha value is -0.510. The van der Waals surface area contributed by atoms with Gasteiger partial charge < -0.3 is 11.1 Å². The Balaban J connectivity index is 2.25. The van der Waals surface area contributed by atoms with Crippen molar-refractivity contribution in [3.63, 3.8) is 0 Å². The summed E-state index contributed by atoms with van der Waals surface area (Å²) in [5, 5.41) is 4.05. The predicted molar refractivity (Wildman–Crippen MR) is 77.7 cm³/mol. The van der Waals surface area contributed by atoms with Gasteiger partial charge in [0.15, 0.2) is 0 Å². The van der Waals surface area contributed by atoms with Crippen LogP contribution in [0.15, 0.2) is 29.2 Å². The molecule has 0 amide bonds. The maximum atomic E-state index is 5.44. The lowest BCUT2D eigenvalue weighted by Crippen LogP contribution is -2.20. The standard InChI is InChI=1S/C14H24N2S/c1-12(2)17-14-6-4-13(5-7-14)8-11-16-10-3-9-15/h4-7,12,16H,3,8-11,15H2,1-2H3. The summed E-state index contributed by atoms with van der Waals surface area (Å²) in [4.78, 5) is 1.36. The normalized spacial score (nSPS) is 11.1. The van der Waals surface area contributed by atoms with Crippen LogP contribution >= 0.6 is 11.8 Å². The van der Waals surface area contributed by atoms with Crippen LogP contribution in [0.25, 0.3) is 0 Å². The van der Waals surface area contributed by atoms with E-state index in [1.165, 1.54) is 10.5 Å². The summed E-state index contributed by atoms with van der Waals surface area (Å²) in [6.45, 7) is 7.28. The Labute approximate surface area is 109 Å². The van der Waals surface area contributed by atoms with Crippen LogP contribution in [0.4, 0.5) is 0 Å². The molecule has 0 saturated heterocycles. The van der Waals surface area contributed by atoms with Crippen LogP contribution in [0, 0.1) is 0 Å². The van der Waals surface area contributed by atoms with Crippen LogP contribution in [-0.4, -0.2) is 24.9 Å². The number of nitrogens with one attached hydrogen (secondary N) is 1. The molecule has 3 heteroatoms. The summed E-state index contributed by atoms with van der Waals surface area (Å²) in [7, 11) is 0. The van der Waals surface area contributed by atoms with Crippen LogP contribution in [0.5, 0.6) is 0 Å². The molecule has 0 spiro atoms. The molecule has 1 aromatic rings. The summed E-state index contributed by atoms with van der Waals surface area (Å²) in [6.07, 6.45) is 2.15. The van der Waals surface area contributed by atoms with Crippen LogP contribution in [0.3, 0.4) is 0 Å².